The van der Waals surface area contributed by atoms with Crippen LogP contribution in [0.15, 0.2) is 12.2 Å². The maximum Gasteiger partial charge on any atom is 0.306 e. The van der Waals surface area contributed by atoms with Crippen molar-refractivity contribution in [2.45, 2.75) is 316 Å². The highest BCUT2D eigenvalue weighted by Gasteiger charge is 2.19. The molecule has 62 heavy (non-hydrogen) atoms. The Morgan fingerprint density at radius 1 is 0.306 bits per heavy atom. The molecule has 0 bridgehead atoms. The highest BCUT2D eigenvalue weighted by molar-refractivity contribution is 5.71. The van der Waals surface area contributed by atoms with Crippen molar-refractivity contribution in [1.82, 2.24) is 0 Å². The van der Waals surface area contributed by atoms with Crippen LogP contribution in [0, 0.1) is 0 Å². The van der Waals surface area contributed by atoms with E-state index in [9.17, 15) is 14.4 Å². The zero-order chi connectivity index (χ0) is 45.1. The molecule has 0 aromatic carbocycles. The Bertz CT molecular complexity index is 962. The lowest BCUT2D eigenvalue weighted by atomic mass is 10.0. The van der Waals surface area contributed by atoms with Crippen molar-refractivity contribution in [2.75, 3.05) is 13.2 Å². The second kappa shape index (κ2) is 51.8. The Hall–Kier alpha value is -1.85. The van der Waals surface area contributed by atoms with E-state index in [0.717, 1.165) is 64.2 Å². The standard InChI is InChI=1S/C56H106O6/c1-4-7-10-13-16-19-22-25-27-28-30-32-35-37-40-43-46-49-55(58)61-52-53(62-56(59)50-47-44-41-38-33-24-21-18-15-12-9-6-3)51-60-54(57)48-45-42-39-36-34-31-29-26-23-20-17-14-11-8-5-2/h26,29,53H,4-25,27-28,30-52H2,1-3H3/b29-26-/t53-/m1/s1. The molecule has 0 radical (unpaired) electrons. The van der Waals surface area contributed by atoms with Gasteiger partial charge >= 0.3 is 17.9 Å². The Labute approximate surface area is 386 Å². The summed E-state index contributed by atoms with van der Waals surface area (Å²) in [4.78, 5) is 38.0. The van der Waals surface area contributed by atoms with Gasteiger partial charge in [0.2, 0.25) is 0 Å². The number of esters is 3. The van der Waals surface area contributed by atoms with Crippen molar-refractivity contribution in [3.8, 4) is 0 Å². The molecule has 0 N–H and O–H groups in total. The quantitative estimate of drug-likeness (QED) is 0.0262. The minimum Gasteiger partial charge on any atom is -0.462 e. The van der Waals surface area contributed by atoms with E-state index >= 15 is 0 Å². The molecule has 0 heterocycles. The van der Waals surface area contributed by atoms with Gasteiger partial charge in [-0.3, -0.25) is 14.4 Å². The topological polar surface area (TPSA) is 78.9 Å². The lowest BCUT2D eigenvalue weighted by molar-refractivity contribution is -0.167. The molecular formula is C56H106O6. The van der Waals surface area contributed by atoms with Crippen molar-refractivity contribution < 1.29 is 28.6 Å². The van der Waals surface area contributed by atoms with Crippen LogP contribution in [0.4, 0.5) is 0 Å². The van der Waals surface area contributed by atoms with Gasteiger partial charge in [-0.15, -0.1) is 0 Å². The first-order valence-electron chi connectivity index (χ1n) is 27.7. The summed E-state index contributed by atoms with van der Waals surface area (Å²) >= 11 is 0. The molecule has 0 saturated heterocycles. The van der Waals surface area contributed by atoms with E-state index in [1.165, 1.54) is 205 Å². The lowest BCUT2D eigenvalue weighted by Gasteiger charge is -2.18. The van der Waals surface area contributed by atoms with E-state index < -0.39 is 6.10 Å². The number of hydrogen-bond acceptors (Lipinski definition) is 6. The highest BCUT2D eigenvalue weighted by Crippen LogP contribution is 2.17. The number of ether oxygens (including phenoxy) is 3. The fraction of sp³-hybridized carbons (Fsp3) is 0.911. The molecular weight excluding hydrogens is 769 g/mol. The molecule has 0 aliphatic rings. The number of rotatable bonds is 51. The van der Waals surface area contributed by atoms with Crippen LogP contribution < -0.4 is 0 Å². The average molecular weight is 875 g/mol. The molecule has 366 valence electrons. The molecule has 0 rings (SSSR count). The number of unbranched alkanes of at least 4 members (excludes halogenated alkanes) is 38. The Morgan fingerprint density at radius 2 is 0.532 bits per heavy atom. The van der Waals surface area contributed by atoms with E-state index in [2.05, 4.69) is 32.9 Å². The molecule has 1 atom stereocenters. The maximum absolute atomic E-state index is 12.8. The van der Waals surface area contributed by atoms with Crippen LogP contribution in [-0.2, 0) is 28.6 Å². The number of allylic oxidation sites excluding steroid dienone is 2. The predicted octanol–water partition coefficient (Wildman–Crippen LogP) is 18.2. The third kappa shape index (κ3) is 49.2. The van der Waals surface area contributed by atoms with Gasteiger partial charge in [0, 0.05) is 19.3 Å². The normalized spacial score (nSPS) is 12.0. The molecule has 0 fully saturated rings. The van der Waals surface area contributed by atoms with Crippen LogP contribution in [-0.4, -0.2) is 37.2 Å². The summed E-state index contributed by atoms with van der Waals surface area (Å²) in [6, 6.07) is 0. The van der Waals surface area contributed by atoms with Crippen molar-refractivity contribution in [2.24, 2.45) is 0 Å². The number of carbonyl (C=O) groups is 3. The first-order valence-corrected chi connectivity index (χ1v) is 27.7. The van der Waals surface area contributed by atoms with Crippen molar-refractivity contribution in [3.05, 3.63) is 12.2 Å². The summed E-state index contributed by atoms with van der Waals surface area (Å²) in [6.07, 6.45) is 57.7. The van der Waals surface area contributed by atoms with E-state index in [0.29, 0.717) is 19.3 Å². The monoisotopic (exact) mass is 875 g/mol. The molecule has 0 aliphatic carbocycles. The third-order valence-corrected chi connectivity index (χ3v) is 12.5. The predicted molar refractivity (Wildman–Crippen MR) is 266 cm³/mol. The zero-order valence-electron chi connectivity index (χ0n) is 41.9. The highest BCUT2D eigenvalue weighted by atomic mass is 16.6. The van der Waals surface area contributed by atoms with E-state index in [4.69, 9.17) is 14.2 Å². The molecule has 6 heteroatoms. The largest absolute Gasteiger partial charge is 0.462 e. The van der Waals surface area contributed by atoms with Gasteiger partial charge in [0.15, 0.2) is 6.10 Å². The van der Waals surface area contributed by atoms with Gasteiger partial charge in [-0.25, -0.2) is 0 Å². The molecule has 0 aromatic rings. The first kappa shape index (κ1) is 60.2. The van der Waals surface area contributed by atoms with Gasteiger partial charge in [0.1, 0.15) is 13.2 Å². The average Bonchev–Trinajstić information content (AvgIpc) is 3.27. The summed E-state index contributed by atoms with van der Waals surface area (Å²) in [5.74, 6) is -0.855. The molecule has 0 saturated carbocycles. The SMILES string of the molecule is CCCCCCCC/C=C\CCCCCCCC(=O)OC[C@H](COC(=O)CCCCCCCCCCCCCCCCCCC)OC(=O)CCCCCCCCCCCCCC. The maximum atomic E-state index is 12.8. The summed E-state index contributed by atoms with van der Waals surface area (Å²) in [5, 5.41) is 0. The molecule has 0 unspecified atom stereocenters. The number of hydrogen-bond donors (Lipinski definition) is 0. The molecule has 0 aliphatic heterocycles. The minimum atomic E-state index is -0.766. The van der Waals surface area contributed by atoms with Gasteiger partial charge < -0.3 is 14.2 Å². The summed E-state index contributed by atoms with van der Waals surface area (Å²) < 4.78 is 16.8. The molecule has 6 nitrogen and oxygen atoms in total. The van der Waals surface area contributed by atoms with Crippen LogP contribution >= 0.6 is 0 Å². The van der Waals surface area contributed by atoms with Crippen molar-refractivity contribution in [3.63, 3.8) is 0 Å². The summed E-state index contributed by atoms with van der Waals surface area (Å²) in [5.41, 5.74) is 0. The summed E-state index contributed by atoms with van der Waals surface area (Å²) in [7, 11) is 0. The van der Waals surface area contributed by atoms with Crippen LogP contribution in [0.3, 0.4) is 0 Å². The van der Waals surface area contributed by atoms with Crippen LogP contribution in [0.25, 0.3) is 0 Å². The second-order valence-electron chi connectivity index (χ2n) is 18.9. The van der Waals surface area contributed by atoms with Crippen molar-refractivity contribution in [1.29, 1.82) is 0 Å². The third-order valence-electron chi connectivity index (χ3n) is 12.5. The fourth-order valence-electron chi connectivity index (χ4n) is 8.32. The van der Waals surface area contributed by atoms with E-state index in [1.54, 1.807) is 0 Å². The van der Waals surface area contributed by atoms with Gasteiger partial charge in [-0.1, -0.05) is 258 Å². The lowest BCUT2D eigenvalue weighted by Crippen LogP contribution is -2.30. The zero-order valence-corrected chi connectivity index (χ0v) is 41.9. The van der Waals surface area contributed by atoms with Crippen molar-refractivity contribution >= 4 is 17.9 Å². The Morgan fingerprint density at radius 3 is 0.806 bits per heavy atom. The fourth-order valence-corrected chi connectivity index (χ4v) is 8.32. The van der Waals surface area contributed by atoms with Crippen LogP contribution in [0.2, 0.25) is 0 Å². The van der Waals surface area contributed by atoms with E-state index in [-0.39, 0.29) is 31.1 Å². The van der Waals surface area contributed by atoms with E-state index in [1.807, 2.05) is 0 Å². The number of carbonyl (C=O) groups excluding carboxylic acids is 3. The molecule has 0 amide bonds. The Kier molecular flexibility index (Phi) is 50.2. The Balaban J connectivity index is 4.30. The second-order valence-corrected chi connectivity index (χ2v) is 18.9. The van der Waals surface area contributed by atoms with Crippen LogP contribution in [0.1, 0.15) is 310 Å². The van der Waals surface area contributed by atoms with Gasteiger partial charge in [0.05, 0.1) is 0 Å². The van der Waals surface area contributed by atoms with Gasteiger partial charge in [0.25, 0.3) is 0 Å². The molecule has 0 aromatic heterocycles. The molecule has 0 spiro atoms. The first-order chi connectivity index (χ1) is 30.5. The smallest absolute Gasteiger partial charge is 0.306 e. The van der Waals surface area contributed by atoms with Gasteiger partial charge in [-0.2, -0.15) is 0 Å². The minimum absolute atomic E-state index is 0.0668. The van der Waals surface area contributed by atoms with Crippen LogP contribution in [0.5, 0.6) is 0 Å². The van der Waals surface area contributed by atoms with Gasteiger partial charge in [-0.05, 0) is 44.9 Å². The summed E-state index contributed by atoms with van der Waals surface area (Å²) in [6.45, 7) is 6.67.